The minimum Gasteiger partial charge on any atom is -0.462 e. The van der Waals surface area contributed by atoms with Crippen molar-refractivity contribution in [2.24, 2.45) is 5.73 Å². The van der Waals surface area contributed by atoms with Crippen LogP contribution in [-0.4, -0.2) is 48.0 Å². The van der Waals surface area contributed by atoms with Crippen LogP contribution in [0.25, 0.3) is 5.69 Å². The molecule has 0 fully saturated rings. The third-order valence-corrected chi connectivity index (χ3v) is 3.55. The monoisotopic (exact) mass is 346 g/mol. The molecule has 134 valence electrons. The number of hydrogen-bond acceptors (Lipinski definition) is 6. The standard InChI is InChI=1S/C17H22N4O4/c1-4-25-17(23)14-9-19-21(11(14)2)13-7-5-6-12(8-13)20-16(22)15(18)10-24-3/h5-9,15H,4,10,18H2,1-3H3,(H,20,22). The highest BCUT2D eigenvalue weighted by molar-refractivity contribution is 5.95. The summed E-state index contributed by atoms with van der Waals surface area (Å²) in [5.74, 6) is -0.760. The van der Waals surface area contributed by atoms with E-state index in [1.165, 1.54) is 13.3 Å². The van der Waals surface area contributed by atoms with Crippen LogP contribution in [0.3, 0.4) is 0 Å². The van der Waals surface area contributed by atoms with Crippen LogP contribution in [-0.2, 0) is 14.3 Å². The van der Waals surface area contributed by atoms with Crippen LogP contribution in [0.1, 0.15) is 23.0 Å². The van der Waals surface area contributed by atoms with Crippen molar-refractivity contribution >= 4 is 17.6 Å². The number of methoxy groups -OCH3 is 1. The molecule has 0 aliphatic heterocycles. The highest BCUT2D eigenvalue weighted by Gasteiger charge is 2.17. The smallest absolute Gasteiger partial charge is 0.341 e. The molecule has 0 saturated heterocycles. The van der Waals surface area contributed by atoms with Gasteiger partial charge in [0.25, 0.3) is 0 Å². The van der Waals surface area contributed by atoms with Gasteiger partial charge in [-0.2, -0.15) is 5.10 Å². The Bertz CT molecular complexity index is 757. The van der Waals surface area contributed by atoms with Gasteiger partial charge in [-0.1, -0.05) is 6.07 Å². The van der Waals surface area contributed by atoms with E-state index in [2.05, 4.69) is 10.4 Å². The molecule has 0 aliphatic carbocycles. The van der Waals surface area contributed by atoms with E-state index in [0.29, 0.717) is 29.2 Å². The van der Waals surface area contributed by atoms with Gasteiger partial charge in [-0.05, 0) is 32.0 Å². The molecule has 8 heteroatoms. The molecule has 0 aliphatic rings. The first-order valence-electron chi connectivity index (χ1n) is 7.85. The molecule has 1 amide bonds. The van der Waals surface area contributed by atoms with Crippen molar-refractivity contribution in [2.75, 3.05) is 25.6 Å². The van der Waals surface area contributed by atoms with E-state index < -0.39 is 12.0 Å². The second-order valence-corrected chi connectivity index (χ2v) is 5.38. The second kappa shape index (κ2) is 8.41. The summed E-state index contributed by atoms with van der Waals surface area (Å²) in [4.78, 5) is 23.9. The van der Waals surface area contributed by atoms with Gasteiger partial charge in [0.05, 0.1) is 30.8 Å². The molecule has 1 heterocycles. The number of nitrogens with one attached hydrogen (secondary N) is 1. The number of hydrogen-bond donors (Lipinski definition) is 2. The fraction of sp³-hybridized carbons (Fsp3) is 0.353. The summed E-state index contributed by atoms with van der Waals surface area (Å²) in [5, 5.41) is 6.96. The van der Waals surface area contributed by atoms with E-state index in [1.54, 1.807) is 36.7 Å². The third-order valence-electron chi connectivity index (χ3n) is 3.55. The van der Waals surface area contributed by atoms with Gasteiger partial charge >= 0.3 is 5.97 Å². The predicted molar refractivity (Wildman–Crippen MR) is 92.7 cm³/mol. The Labute approximate surface area is 145 Å². The summed E-state index contributed by atoms with van der Waals surface area (Å²) in [7, 11) is 1.48. The zero-order valence-corrected chi connectivity index (χ0v) is 14.5. The minimum absolute atomic E-state index is 0.132. The van der Waals surface area contributed by atoms with Crippen LogP contribution in [0.4, 0.5) is 5.69 Å². The Balaban J connectivity index is 2.22. The van der Waals surface area contributed by atoms with Crippen LogP contribution >= 0.6 is 0 Å². The quantitative estimate of drug-likeness (QED) is 0.731. The van der Waals surface area contributed by atoms with E-state index in [1.807, 2.05) is 6.07 Å². The van der Waals surface area contributed by atoms with Gasteiger partial charge in [0, 0.05) is 12.8 Å². The molecular weight excluding hydrogens is 324 g/mol. The van der Waals surface area contributed by atoms with Crippen molar-refractivity contribution in [3.8, 4) is 5.69 Å². The molecule has 2 rings (SSSR count). The number of anilines is 1. The average Bonchev–Trinajstić information content (AvgIpc) is 2.97. The number of amides is 1. The zero-order valence-electron chi connectivity index (χ0n) is 14.5. The third kappa shape index (κ3) is 4.43. The molecule has 1 unspecified atom stereocenters. The molecule has 1 atom stereocenters. The highest BCUT2D eigenvalue weighted by atomic mass is 16.5. The molecule has 3 N–H and O–H groups in total. The number of nitrogens with two attached hydrogens (primary N) is 1. The molecule has 0 bridgehead atoms. The maximum atomic E-state index is 12.0. The van der Waals surface area contributed by atoms with Gasteiger partial charge in [0.15, 0.2) is 0 Å². The number of carbonyl (C=O) groups is 2. The number of ether oxygens (including phenoxy) is 2. The number of esters is 1. The largest absolute Gasteiger partial charge is 0.462 e. The van der Waals surface area contributed by atoms with Crippen molar-refractivity contribution in [1.82, 2.24) is 9.78 Å². The number of benzene rings is 1. The van der Waals surface area contributed by atoms with E-state index in [4.69, 9.17) is 15.2 Å². The van der Waals surface area contributed by atoms with E-state index in [-0.39, 0.29) is 12.5 Å². The molecule has 0 saturated carbocycles. The Morgan fingerprint density at radius 2 is 2.16 bits per heavy atom. The molecule has 1 aromatic carbocycles. The van der Waals surface area contributed by atoms with Gasteiger partial charge in [-0.15, -0.1) is 0 Å². The molecule has 1 aromatic heterocycles. The first-order valence-corrected chi connectivity index (χ1v) is 7.85. The Morgan fingerprint density at radius 3 is 2.84 bits per heavy atom. The van der Waals surface area contributed by atoms with Gasteiger partial charge in [0.1, 0.15) is 11.6 Å². The lowest BCUT2D eigenvalue weighted by Crippen LogP contribution is -2.39. The van der Waals surface area contributed by atoms with E-state index in [9.17, 15) is 9.59 Å². The van der Waals surface area contributed by atoms with Crippen molar-refractivity contribution in [3.05, 3.63) is 41.7 Å². The second-order valence-electron chi connectivity index (χ2n) is 5.38. The lowest BCUT2D eigenvalue weighted by Gasteiger charge is -2.12. The summed E-state index contributed by atoms with van der Waals surface area (Å²) in [6.45, 7) is 3.95. The van der Waals surface area contributed by atoms with Gasteiger partial charge in [0.2, 0.25) is 5.91 Å². The molecular formula is C17H22N4O4. The van der Waals surface area contributed by atoms with Crippen LogP contribution in [0, 0.1) is 6.92 Å². The summed E-state index contributed by atoms with van der Waals surface area (Å²) in [6.07, 6.45) is 1.47. The van der Waals surface area contributed by atoms with Crippen molar-refractivity contribution < 1.29 is 19.1 Å². The maximum absolute atomic E-state index is 12.0. The van der Waals surface area contributed by atoms with E-state index in [0.717, 1.165) is 0 Å². The lowest BCUT2D eigenvalue weighted by molar-refractivity contribution is -0.118. The zero-order chi connectivity index (χ0) is 18.4. The fourth-order valence-corrected chi connectivity index (χ4v) is 2.28. The van der Waals surface area contributed by atoms with Crippen LogP contribution in [0.15, 0.2) is 30.5 Å². The Morgan fingerprint density at radius 1 is 1.40 bits per heavy atom. The van der Waals surface area contributed by atoms with Gasteiger partial charge in [-0.3, -0.25) is 4.79 Å². The summed E-state index contributed by atoms with van der Waals surface area (Å²) in [6, 6.07) is 6.33. The van der Waals surface area contributed by atoms with Crippen molar-refractivity contribution in [1.29, 1.82) is 0 Å². The summed E-state index contributed by atoms with van der Waals surface area (Å²) >= 11 is 0. The number of rotatable bonds is 7. The average molecular weight is 346 g/mol. The number of nitrogens with zero attached hydrogens (tertiary/aromatic N) is 2. The Hall–Kier alpha value is -2.71. The highest BCUT2D eigenvalue weighted by Crippen LogP contribution is 2.18. The lowest BCUT2D eigenvalue weighted by atomic mass is 10.2. The predicted octanol–water partition coefficient (Wildman–Crippen LogP) is 1.27. The van der Waals surface area contributed by atoms with Crippen molar-refractivity contribution in [2.45, 2.75) is 19.9 Å². The molecule has 25 heavy (non-hydrogen) atoms. The normalized spacial score (nSPS) is 11.8. The van der Waals surface area contributed by atoms with E-state index >= 15 is 0 Å². The number of carbonyl (C=O) groups excluding carboxylic acids is 2. The molecule has 2 aromatic rings. The van der Waals surface area contributed by atoms with Crippen LogP contribution in [0.5, 0.6) is 0 Å². The van der Waals surface area contributed by atoms with Crippen LogP contribution < -0.4 is 11.1 Å². The summed E-state index contributed by atoms with van der Waals surface area (Å²) in [5.41, 5.74) is 8.03. The topological polar surface area (TPSA) is 108 Å². The molecule has 8 nitrogen and oxygen atoms in total. The van der Waals surface area contributed by atoms with Crippen molar-refractivity contribution in [3.63, 3.8) is 0 Å². The number of aromatic nitrogens is 2. The van der Waals surface area contributed by atoms with Gasteiger partial charge < -0.3 is 20.5 Å². The van der Waals surface area contributed by atoms with Gasteiger partial charge in [-0.25, -0.2) is 9.48 Å². The van der Waals surface area contributed by atoms with Crippen LogP contribution in [0.2, 0.25) is 0 Å². The first-order chi connectivity index (χ1) is 12.0. The first kappa shape index (κ1) is 18.6. The summed E-state index contributed by atoms with van der Waals surface area (Å²) < 4.78 is 11.5. The Kier molecular flexibility index (Phi) is 6.26. The molecule has 0 radical (unpaired) electrons. The minimum atomic E-state index is -0.754. The fourth-order valence-electron chi connectivity index (χ4n) is 2.28. The SMILES string of the molecule is CCOC(=O)c1cnn(-c2cccc(NC(=O)C(N)COC)c2)c1C. The maximum Gasteiger partial charge on any atom is 0.341 e. The molecule has 0 spiro atoms.